The highest BCUT2D eigenvalue weighted by Crippen LogP contribution is 2.41. The van der Waals surface area contributed by atoms with Crippen LogP contribution >= 0.6 is 11.3 Å². The van der Waals surface area contributed by atoms with Gasteiger partial charge in [-0.1, -0.05) is 13.3 Å². The number of fused-ring (bicyclic) bond motifs is 1. The van der Waals surface area contributed by atoms with Crippen molar-refractivity contribution in [2.24, 2.45) is 11.8 Å². The lowest BCUT2D eigenvalue weighted by atomic mass is 9.85. The lowest BCUT2D eigenvalue weighted by Gasteiger charge is -2.20. The number of anilines is 1. The number of nitrogens with one attached hydrogen (secondary N) is 1. The number of methoxy groups -OCH3 is 1. The maximum Gasteiger partial charge on any atom is 0.341 e. The van der Waals surface area contributed by atoms with Crippen LogP contribution in [-0.2, 0) is 22.4 Å². The molecule has 114 valence electrons. The molecular formula is C16H21NO3S. The predicted octanol–water partition coefficient (Wildman–Crippen LogP) is 3.40. The first-order chi connectivity index (χ1) is 10.1. The van der Waals surface area contributed by atoms with Gasteiger partial charge in [-0.2, -0.15) is 0 Å². The van der Waals surface area contributed by atoms with E-state index in [0.717, 1.165) is 44.1 Å². The minimum Gasteiger partial charge on any atom is -0.465 e. The van der Waals surface area contributed by atoms with Gasteiger partial charge < -0.3 is 10.1 Å². The van der Waals surface area contributed by atoms with Gasteiger partial charge >= 0.3 is 5.97 Å². The van der Waals surface area contributed by atoms with Crippen molar-refractivity contribution in [3.8, 4) is 0 Å². The Balaban J connectivity index is 1.92. The van der Waals surface area contributed by atoms with Crippen LogP contribution in [0.4, 0.5) is 5.00 Å². The average Bonchev–Trinajstić information content (AvgIpc) is 3.28. The molecule has 0 saturated heterocycles. The first kappa shape index (κ1) is 14.6. The fourth-order valence-electron chi connectivity index (χ4n) is 2.97. The zero-order chi connectivity index (χ0) is 15.0. The van der Waals surface area contributed by atoms with Gasteiger partial charge in [-0.3, -0.25) is 4.79 Å². The fourth-order valence-corrected chi connectivity index (χ4v) is 4.32. The Hall–Kier alpha value is -1.36. The second kappa shape index (κ2) is 5.79. The van der Waals surface area contributed by atoms with E-state index in [1.807, 2.05) is 0 Å². The number of hydrogen-bond acceptors (Lipinski definition) is 4. The number of thiophene rings is 1. The highest BCUT2D eigenvalue weighted by Gasteiger charge is 2.33. The SMILES string of the molecule is CCC1CCc2c(sc(NC(=O)C3CC3)c2C(=O)OC)C1. The second-order valence-corrected chi connectivity index (χ2v) is 7.09. The molecule has 1 unspecified atom stereocenters. The van der Waals surface area contributed by atoms with Crippen LogP contribution in [0.2, 0.25) is 0 Å². The number of carbonyl (C=O) groups is 2. The number of amides is 1. The number of rotatable bonds is 4. The highest BCUT2D eigenvalue weighted by molar-refractivity contribution is 7.17. The van der Waals surface area contributed by atoms with E-state index >= 15 is 0 Å². The molecule has 2 aliphatic rings. The molecule has 1 aromatic rings. The van der Waals surface area contributed by atoms with E-state index in [4.69, 9.17) is 4.74 Å². The monoisotopic (exact) mass is 307 g/mol. The molecule has 1 atom stereocenters. The van der Waals surface area contributed by atoms with Crippen LogP contribution in [0.5, 0.6) is 0 Å². The number of esters is 1. The van der Waals surface area contributed by atoms with Gasteiger partial charge in [0.2, 0.25) is 5.91 Å². The van der Waals surface area contributed by atoms with E-state index in [-0.39, 0.29) is 17.8 Å². The third-order valence-corrected chi connectivity index (χ3v) is 5.69. The van der Waals surface area contributed by atoms with E-state index in [2.05, 4.69) is 12.2 Å². The molecule has 3 rings (SSSR count). The van der Waals surface area contributed by atoms with E-state index in [1.54, 1.807) is 11.3 Å². The van der Waals surface area contributed by atoms with E-state index in [9.17, 15) is 9.59 Å². The van der Waals surface area contributed by atoms with Gasteiger partial charge in [0.25, 0.3) is 0 Å². The van der Waals surface area contributed by atoms with Crippen LogP contribution in [0, 0.1) is 11.8 Å². The molecule has 0 aromatic carbocycles. The number of ether oxygens (including phenoxy) is 1. The summed E-state index contributed by atoms with van der Waals surface area (Å²) in [6.07, 6.45) is 6.12. The first-order valence-electron chi connectivity index (χ1n) is 7.67. The normalized spacial score (nSPS) is 20.8. The lowest BCUT2D eigenvalue weighted by molar-refractivity contribution is -0.117. The Bertz CT molecular complexity index is 574. The Kier molecular flexibility index (Phi) is 4.02. The summed E-state index contributed by atoms with van der Waals surface area (Å²) in [6, 6.07) is 0. The first-order valence-corrected chi connectivity index (χ1v) is 8.49. The zero-order valence-electron chi connectivity index (χ0n) is 12.5. The van der Waals surface area contributed by atoms with Crippen LogP contribution in [-0.4, -0.2) is 19.0 Å². The summed E-state index contributed by atoms with van der Waals surface area (Å²) in [5, 5.41) is 3.65. The number of hydrogen-bond donors (Lipinski definition) is 1. The summed E-state index contributed by atoms with van der Waals surface area (Å²) >= 11 is 1.57. The summed E-state index contributed by atoms with van der Waals surface area (Å²) in [4.78, 5) is 25.4. The molecule has 1 aromatic heterocycles. The molecular weight excluding hydrogens is 286 g/mol. The van der Waals surface area contributed by atoms with Gasteiger partial charge in [0, 0.05) is 10.8 Å². The van der Waals surface area contributed by atoms with Crippen LogP contribution in [0.25, 0.3) is 0 Å². The van der Waals surface area contributed by atoms with Gasteiger partial charge in [0.05, 0.1) is 12.7 Å². The van der Waals surface area contributed by atoms with E-state index in [1.165, 1.54) is 12.0 Å². The summed E-state index contributed by atoms with van der Waals surface area (Å²) in [5.41, 5.74) is 1.70. The molecule has 1 N–H and O–H groups in total. The second-order valence-electron chi connectivity index (χ2n) is 5.98. The zero-order valence-corrected chi connectivity index (χ0v) is 13.3. The molecule has 1 heterocycles. The molecule has 0 radical (unpaired) electrons. The molecule has 21 heavy (non-hydrogen) atoms. The highest BCUT2D eigenvalue weighted by atomic mass is 32.1. The van der Waals surface area contributed by atoms with Gasteiger partial charge in [-0.25, -0.2) is 4.79 Å². The van der Waals surface area contributed by atoms with Crippen molar-refractivity contribution in [2.45, 2.75) is 45.4 Å². The topological polar surface area (TPSA) is 55.4 Å². The Morgan fingerprint density at radius 2 is 2.10 bits per heavy atom. The average molecular weight is 307 g/mol. The minimum atomic E-state index is -0.325. The third kappa shape index (κ3) is 2.84. The quantitative estimate of drug-likeness (QED) is 0.867. The van der Waals surface area contributed by atoms with E-state index < -0.39 is 0 Å². The van der Waals surface area contributed by atoms with Crippen molar-refractivity contribution >= 4 is 28.2 Å². The predicted molar refractivity (Wildman–Crippen MR) is 82.8 cm³/mol. The van der Waals surface area contributed by atoms with Gasteiger partial charge in [-0.15, -0.1) is 11.3 Å². The molecule has 0 bridgehead atoms. The van der Waals surface area contributed by atoms with Crippen molar-refractivity contribution < 1.29 is 14.3 Å². The van der Waals surface area contributed by atoms with Crippen LogP contribution in [0.3, 0.4) is 0 Å². The molecule has 1 fully saturated rings. The lowest BCUT2D eigenvalue weighted by Crippen LogP contribution is -2.17. The molecule has 2 aliphatic carbocycles. The van der Waals surface area contributed by atoms with Crippen LogP contribution in [0.15, 0.2) is 0 Å². The van der Waals surface area contributed by atoms with Crippen molar-refractivity contribution in [2.75, 3.05) is 12.4 Å². The smallest absolute Gasteiger partial charge is 0.341 e. The van der Waals surface area contributed by atoms with Crippen molar-refractivity contribution in [1.82, 2.24) is 0 Å². The van der Waals surface area contributed by atoms with Crippen molar-refractivity contribution in [3.05, 3.63) is 16.0 Å². The Morgan fingerprint density at radius 1 is 1.33 bits per heavy atom. The molecule has 0 aliphatic heterocycles. The summed E-state index contributed by atoms with van der Waals surface area (Å²) in [6.45, 7) is 2.21. The van der Waals surface area contributed by atoms with Crippen LogP contribution in [0.1, 0.15) is 53.4 Å². The Morgan fingerprint density at radius 3 is 2.71 bits per heavy atom. The van der Waals surface area contributed by atoms with Gasteiger partial charge in [0.1, 0.15) is 5.00 Å². The minimum absolute atomic E-state index is 0.0470. The van der Waals surface area contributed by atoms with Crippen molar-refractivity contribution in [3.63, 3.8) is 0 Å². The third-order valence-electron chi connectivity index (χ3n) is 4.52. The summed E-state index contributed by atoms with van der Waals surface area (Å²) in [5.74, 6) is 0.547. The maximum absolute atomic E-state index is 12.1. The Labute approximate surface area is 128 Å². The van der Waals surface area contributed by atoms with Gasteiger partial charge in [-0.05, 0) is 43.6 Å². The standard InChI is InChI=1S/C16H21NO3S/c1-3-9-4-7-11-12(8-9)21-15(13(11)16(19)20-2)17-14(18)10-5-6-10/h9-10H,3-8H2,1-2H3,(H,17,18). The molecule has 4 nitrogen and oxygen atoms in total. The molecule has 0 spiro atoms. The molecule has 1 amide bonds. The molecule has 5 heteroatoms. The van der Waals surface area contributed by atoms with Crippen molar-refractivity contribution in [1.29, 1.82) is 0 Å². The summed E-state index contributed by atoms with van der Waals surface area (Å²) in [7, 11) is 1.40. The molecule has 1 saturated carbocycles. The van der Waals surface area contributed by atoms with Crippen LogP contribution < -0.4 is 5.32 Å². The fraction of sp³-hybridized carbons (Fsp3) is 0.625. The van der Waals surface area contributed by atoms with E-state index in [0.29, 0.717) is 16.5 Å². The van der Waals surface area contributed by atoms with Gasteiger partial charge in [0.15, 0.2) is 0 Å². The maximum atomic E-state index is 12.1. The number of carbonyl (C=O) groups excluding carboxylic acids is 2. The summed E-state index contributed by atoms with van der Waals surface area (Å²) < 4.78 is 4.93. The largest absolute Gasteiger partial charge is 0.465 e.